The Kier molecular flexibility index (Phi) is 5.88. The number of pyridine rings is 1. The van der Waals surface area contributed by atoms with E-state index in [0.717, 1.165) is 65.7 Å². The van der Waals surface area contributed by atoms with Crippen LogP contribution in [0.4, 0.5) is 11.5 Å². The van der Waals surface area contributed by atoms with Crippen LogP contribution in [0.25, 0.3) is 22.7 Å². The zero-order chi connectivity index (χ0) is 25.4. The summed E-state index contributed by atoms with van der Waals surface area (Å²) >= 11 is 0. The van der Waals surface area contributed by atoms with Crippen LogP contribution < -0.4 is 10.2 Å². The number of nitrogens with one attached hydrogen (secondary N) is 1. The number of anilines is 2. The van der Waals surface area contributed by atoms with Crippen LogP contribution in [-0.4, -0.2) is 48.4 Å². The number of aryl methyl sites for hydroxylation is 2. The van der Waals surface area contributed by atoms with Crippen LogP contribution in [0.15, 0.2) is 73.1 Å². The molecule has 0 saturated carbocycles. The van der Waals surface area contributed by atoms with Gasteiger partial charge in [0.1, 0.15) is 5.65 Å². The first-order valence-corrected chi connectivity index (χ1v) is 12.5. The maximum atomic E-state index is 13.2. The third kappa shape index (κ3) is 4.55. The lowest BCUT2D eigenvalue weighted by atomic mass is 9.95. The summed E-state index contributed by atoms with van der Waals surface area (Å²) in [6, 6.07) is 19.7. The summed E-state index contributed by atoms with van der Waals surface area (Å²) in [5.74, 6) is 1.50. The highest BCUT2D eigenvalue weighted by atomic mass is 16.1. The van der Waals surface area contributed by atoms with E-state index in [2.05, 4.69) is 25.5 Å². The normalized spacial score (nSPS) is 14.3. The van der Waals surface area contributed by atoms with E-state index in [-0.39, 0.29) is 11.8 Å². The van der Waals surface area contributed by atoms with Crippen LogP contribution in [0.5, 0.6) is 0 Å². The van der Waals surface area contributed by atoms with Gasteiger partial charge < -0.3 is 14.6 Å². The smallest absolute Gasteiger partial charge is 0.227 e. The molecule has 1 aromatic carbocycles. The molecule has 5 heterocycles. The van der Waals surface area contributed by atoms with Crippen molar-refractivity contribution in [2.45, 2.75) is 26.7 Å². The topological polar surface area (TPSA) is 93.2 Å². The van der Waals surface area contributed by atoms with E-state index >= 15 is 0 Å². The summed E-state index contributed by atoms with van der Waals surface area (Å²) in [7, 11) is 0. The lowest BCUT2D eigenvalue weighted by Gasteiger charge is -2.32. The van der Waals surface area contributed by atoms with E-state index in [1.54, 1.807) is 4.68 Å². The average Bonchev–Trinajstić information content (AvgIpc) is 3.51. The highest BCUT2D eigenvalue weighted by molar-refractivity contribution is 5.96. The van der Waals surface area contributed by atoms with E-state index in [4.69, 9.17) is 4.98 Å². The molecule has 6 rings (SSSR count). The Labute approximate surface area is 214 Å². The quantitative estimate of drug-likeness (QED) is 0.390. The van der Waals surface area contributed by atoms with E-state index in [9.17, 15) is 4.79 Å². The number of nitrogens with zero attached hydrogens (tertiary/aromatic N) is 7. The first kappa shape index (κ1) is 22.9. The van der Waals surface area contributed by atoms with Crippen LogP contribution in [0.2, 0.25) is 0 Å². The van der Waals surface area contributed by atoms with Gasteiger partial charge >= 0.3 is 0 Å². The average molecular weight is 493 g/mol. The van der Waals surface area contributed by atoms with Crippen molar-refractivity contribution in [3.05, 3.63) is 84.4 Å². The van der Waals surface area contributed by atoms with Crippen molar-refractivity contribution in [1.82, 2.24) is 29.4 Å². The highest BCUT2D eigenvalue weighted by Gasteiger charge is 2.26. The zero-order valence-electron chi connectivity index (χ0n) is 20.9. The molecule has 1 amide bonds. The SMILES string of the molecule is Cc1cc(C)n(-c2ccc(N3CCC(C(=O)Nc4ccccc4-c4cn5ccccc5n4)CC3)nn2)n1. The number of para-hydroxylation sites is 1. The number of piperidine rings is 1. The van der Waals surface area contributed by atoms with Gasteiger partial charge in [0.2, 0.25) is 5.91 Å². The van der Waals surface area contributed by atoms with Gasteiger partial charge in [-0.3, -0.25) is 4.79 Å². The molecule has 9 nitrogen and oxygen atoms in total. The number of benzene rings is 1. The number of hydrogen-bond donors (Lipinski definition) is 1. The molecule has 1 saturated heterocycles. The second-order valence-electron chi connectivity index (χ2n) is 9.48. The zero-order valence-corrected chi connectivity index (χ0v) is 20.9. The summed E-state index contributed by atoms with van der Waals surface area (Å²) in [5, 5.41) is 16.5. The fourth-order valence-electron chi connectivity index (χ4n) is 4.95. The van der Waals surface area contributed by atoms with Gasteiger partial charge in [-0.05, 0) is 63.1 Å². The summed E-state index contributed by atoms with van der Waals surface area (Å²) < 4.78 is 3.78. The number of hydrogen-bond acceptors (Lipinski definition) is 6. The summed E-state index contributed by atoms with van der Waals surface area (Å²) in [6.45, 7) is 5.46. The van der Waals surface area contributed by atoms with Crippen molar-refractivity contribution in [2.24, 2.45) is 5.92 Å². The molecule has 4 aromatic heterocycles. The van der Waals surface area contributed by atoms with Gasteiger partial charge in [0.15, 0.2) is 11.6 Å². The van der Waals surface area contributed by atoms with Gasteiger partial charge in [0, 0.05) is 42.7 Å². The number of carbonyl (C=O) groups excluding carboxylic acids is 1. The van der Waals surface area contributed by atoms with Crippen molar-refractivity contribution in [2.75, 3.05) is 23.3 Å². The highest BCUT2D eigenvalue weighted by Crippen LogP contribution is 2.29. The number of rotatable bonds is 5. The van der Waals surface area contributed by atoms with E-state index in [1.165, 1.54) is 0 Å². The van der Waals surface area contributed by atoms with E-state index in [0.29, 0.717) is 5.82 Å². The lowest BCUT2D eigenvalue weighted by molar-refractivity contribution is -0.120. The second-order valence-corrected chi connectivity index (χ2v) is 9.48. The monoisotopic (exact) mass is 492 g/mol. The molecule has 0 bridgehead atoms. The van der Waals surface area contributed by atoms with Gasteiger partial charge in [-0.25, -0.2) is 9.67 Å². The molecule has 0 spiro atoms. The molecule has 5 aromatic rings. The fourth-order valence-corrected chi connectivity index (χ4v) is 4.95. The Balaban J connectivity index is 1.11. The maximum absolute atomic E-state index is 13.2. The number of amides is 1. The Morgan fingerprint density at radius 1 is 0.946 bits per heavy atom. The van der Waals surface area contributed by atoms with Gasteiger partial charge in [-0.2, -0.15) is 5.10 Å². The lowest BCUT2D eigenvalue weighted by Crippen LogP contribution is -2.38. The first-order valence-electron chi connectivity index (χ1n) is 12.5. The summed E-state index contributed by atoms with van der Waals surface area (Å²) in [4.78, 5) is 20.1. The molecular formula is C28H28N8O. The van der Waals surface area contributed by atoms with Crippen molar-refractivity contribution in [1.29, 1.82) is 0 Å². The largest absolute Gasteiger partial charge is 0.355 e. The minimum Gasteiger partial charge on any atom is -0.355 e. The van der Waals surface area contributed by atoms with E-state index < -0.39 is 0 Å². The maximum Gasteiger partial charge on any atom is 0.227 e. The molecule has 9 heteroatoms. The molecule has 0 unspecified atom stereocenters. The minimum atomic E-state index is -0.0627. The predicted molar refractivity (Wildman–Crippen MR) is 143 cm³/mol. The van der Waals surface area contributed by atoms with Gasteiger partial charge in [-0.15, -0.1) is 10.2 Å². The molecule has 0 radical (unpaired) electrons. The van der Waals surface area contributed by atoms with Crippen LogP contribution in [-0.2, 0) is 4.79 Å². The molecule has 1 fully saturated rings. The standard InChI is InChI=1S/C28H28N8O/c1-19-17-20(2)36(33-19)27-11-10-26(31-32-27)34-15-12-21(13-16-34)28(37)30-23-8-4-3-7-22(23)24-18-35-14-6-5-9-25(35)29-24/h3-11,14,17-18,21H,12-13,15-16H2,1-2H3,(H,30,37). The molecular weight excluding hydrogens is 464 g/mol. The number of carbonyl (C=O) groups is 1. The summed E-state index contributed by atoms with van der Waals surface area (Å²) in [6.07, 6.45) is 5.46. The summed E-state index contributed by atoms with van der Waals surface area (Å²) in [5.41, 5.74) is 5.37. The number of fused-ring (bicyclic) bond motifs is 1. The van der Waals surface area contributed by atoms with Crippen molar-refractivity contribution >= 4 is 23.1 Å². The molecule has 1 aliphatic heterocycles. The Hall–Kier alpha value is -4.53. The first-order chi connectivity index (χ1) is 18.0. The van der Waals surface area contributed by atoms with Gasteiger partial charge in [0.05, 0.1) is 17.1 Å². The van der Waals surface area contributed by atoms with E-state index in [1.807, 2.05) is 91.3 Å². The Bertz CT molecular complexity index is 1530. The van der Waals surface area contributed by atoms with Gasteiger partial charge in [-0.1, -0.05) is 24.3 Å². The van der Waals surface area contributed by atoms with Crippen LogP contribution in [0.3, 0.4) is 0 Å². The molecule has 1 aliphatic rings. The molecule has 0 aliphatic carbocycles. The van der Waals surface area contributed by atoms with Crippen LogP contribution >= 0.6 is 0 Å². The number of imidazole rings is 1. The number of aromatic nitrogens is 6. The minimum absolute atomic E-state index is 0.0434. The molecule has 0 atom stereocenters. The van der Waals surface area contributed by atoms with Crippen molar-refractivity contribution in [3.8, 4) is 17.1 Å². The van der Waals surface area contributed by atoms with Gasteiger partial charge in [0.25, 0.3) is 0 Å². The molecule has 1 N–H and O–H groups in total. The van der Waals surface area contributed by atoms with Crippen LogP contribution in [0, 0.1) is 19.8 Å². The van der Waals surface area contributed by atoms with Crippen molar-refractivity contribution < 1.29 is 4.79 Å². The van der Waals surface area contributed by atoms with Crippen LogP contribution in [0.1, 0.15) is 24.2 Å². The van der Waals surface area contributed by atoms with Crippen molar-refractivity contribution in [3.63, 3.8) is 0 Å². The fraction of sp³-hybridized carbons (Fsp3) is 0.250. The third-order valence-electron chi connectivity index (χ3n) is 6.88. The predicted octanol–water partition coefficient (Wildman–Crippen LogP) is 4.45. The second kappa shape index (κ2) is 9.50. The Morgan fingerprint density at radius 2 is 1.70 bits per heavy atom. The molecule has 37 heavy (non-hydrogen) atoms. The molecule has 186 valence electrons. The Morgan fingerprint density at radius 3 is 2.43 bits per heavy atom. The third-order valence-corrected chi connectivity index (χ3v) is 6.88.